The molecule has 0 aliphatic heterocycles. The average molecular weight is 334 g/mol. The number of hydrogen-bond acceptors (Lipinski definition) is 4. The molecule has 1 heterocycles. The van der Waals surface area contributed by atoms with Gasteiger partial charge < -0.3 is 10.6 Å². The van der Waals surface area contributed by atoms with E-state index in [4.69, 9.17) is 0 Å². The smallest absolute Gasteiger partial charge is 0.234 e. The van der Waals surface area contributed by atoms with Crippen LogP contribution in [0.15, 0.2) is 47.8 Å². The van der Waals surface area contributed by atoms with Crippen molar-refractivity contribution in [3.63, 3.8) is 0 Å². The second-order valence-corrected chi connectivity index (χ2v) is 6.68. The van der Waals surface area contributed by atoms with Gasteiger partial charge in [-0.2, -0.15) is 0 Å². The number of thiophene rings is 1. The SMILES string of the molecule is C[C@H](NC(=O)CSCC(=O)Nc1ccccc1)c1cccs1. The van der Waals surface area contributed by atoms with Crippen LogP contribution in [0.2, 0.25) is 0 Å². The van der Waals surface area contributed by atoms with E-state index in [1.54, 1.807) is 11.3 Å². The number of anilines is 1. The summed E-state index contributed by atoms with van der Waals surface area (Å²) in [6.07, 6.45) is 0. The predicted molar refractivity (Wildman–Crippen MR) is 93.3 cm³/mol. The van der Waals surface area contributed by atoms with Crippen LogP contribution in [0.4, 0.5) is 5.69 Å². The molecule has 6 heteroatoms. The molecule has 0 spiro atoms. The zero-order valence-corrected chi connectivity index (χ0v) is 13.9. The second kappa shape index (κ2) is 8.60. The molecule has 0 radical (unpaired) electrons. The van der Waals surface area contributed by atoms with E-state index in [-0.39, 0.29) is 29.4 Å². The van der Waals surface area contributed by atoms with E-state index in [2.05, 4.69) is 10.6 Å². The topological polar surface area (TPSA) is 58.2 Å². The molecule has 22 heavy (non-hydrogen) atoms. The fourth-order valence-corrected chi connectivity index (χ4v) is 3.21. The molecule has 0 saturated carbocycles. The molecule has 1 aromatic carbocycles. The van der Waals surface area contributed by atoms with Gasteiger partial charge in [-0.05, 0) is 30.5 Å². The molecule has 2 rings (SSSR count). The Morgan fingerprint density at radius 3 is 2.50 bits per heavy atom. The molecule has 1 atom stereocenters. The van der Waals surface area contributed by atoms with E-state index in [1.165, 1.54) is 11.8 Å². The molecule has 0 aliphatic rings. The second-order valence-electron chi connectivity index (χ2n) is 4.71. The van der Waals surface area contributed by atoms with Crippen molar-refractivity contribution in [3.05, 3.63) is 52.7 Å². The first-order valence-corrected chi connectivity index (χ1v) is 8.94. The summed E-state index contributed by atoms with van der Waals surface area (Å²) in [6.45, 7) is 1.95. The number of amides is 2. The highest BCUT2D eigenvalue weighted by atomic mass is 32.2. The summed E-state index contributed by atoms with van der Waals surface area (Å²) in [7, 11) is 0. The highest BCUT2D eigenvalue weighted by Gasteiger charge is 2.11. The first-order valence-electron chi connectivity index (χ1n) is 6.90. The lowest BCUT2D eigenvalue weighted by Gasteiger charge is -2.12. The number of carbonyl (C=O) groups is 2. The van der Waals surface area contributed by atoms with Crippen molar-refractivity contribution in [1.29, 1.82) is 0 Å². The maximum absolute atomic E-state index is 11.8. The Balaban J connectivity index is 1.65. The Morgan fingerprint density at radius 2 is 1.82 bits per heavy atom. The number of carbonyl (C=O) groups excluding carboxylic acids is 2. The lowest BCUT2D eigenvalue weighted by Crippen LogP contribution is -2.28. The van der Waals surface area contributed by atoms with Crippen molar-refractivity contribution in [2.24, 2.45) is 0 Å². The minimum absolute atomic E-state index is 0.00578. The monoisotopic (exact) mass is 334 g/mol. The molecule has 0 bridgehead atoms. The largest absolute Gasteiger partial charge is 0.348 e. The lowest BCUT2D eigenvalue weighted by atomic mass is 10.3. The van der Waals surface area contributed by atoms with Crippen molar-refractivity contribution in [3.8, 4) is 0 Å². The zero-order valence-electron chi connectivity index (χ0n) is 12.2. The van der Waals surface area contributed by atoms with Gasteiger partial charge in [-0.25, -0.2) is 0 Å². The Morgan fingerprint density at radius 1 is 1.09 bits per heavy atom. The van der Waals surface area contributed by atoms with Crippen LogP contribution in [0.3, 0.4) is 0 Å². The number of benzene rings is 1. The average Bonchev–Trinajstić information content (AvgIpc) is 3.02. The summed E-state index contributed by atoms with van der Waals surface area (Å²) in [4.78, 5) is 24.7. The fourth-order valence-electron chi connectivity index (χ4n) is 1.85. The van der Waals surface area contributed by atoms with Crippen LogP contribution in [0.1, 0.15) is 17.8 Å². The van der Waals surface area contributed by atoms with Crippen molar-refractivity contribution in [1.82, 2.24) is 5.32 Å². The molecule has 116 valence electrons. The normalized spacial score (nSPS) is 11.7. The minimum atomic E-state index is -0.102. The molecular weight excluding hydrogens is 316 g/mol. The van der Waals surface area contributed by atoms with Crippen LogP contribution in [0.25, 0.3) is 0 Å². The van der Waals surface area contributed by atoms with E-state index >= 15 is 0 Å². The van der Waals surface area contributed by atoms with Gasteiger partial charge in [0.05, 0.1) is 17.5 Å². The van der Waals surface area contributed by atoms with Gasteiger partial charge in [0.2, 0.25) is 11.8 Å². The third-order valence-electron chi connectivity index (χ3n) is 2.87. The Labute approximate surface area is 138 Å². The summed E-state index contributed by atoms with van der Waals surface area (Å²) in [5, 5.41) is 7.70. The number of nitrogens with one attached hydrogen (secondary N) is 2. The van der Waals surface area contributed by atoms with Crippen molar-refractivity contribution in [2.75, 3.05) is 16.8 Å². The third-order valence-corrected chi connectivity index (χ3v) is 4.86. The van der Waals surface area contributed by atoms with Crippen LogP contribution in [-0.2, 0) is 9.59 Å². The van der Waals surface area contributed by atoms with Crippen LogP contribution < -0.4 is 10.6 Å². The summed E-state index contributed by atoms with van der Waals surface area (Å²) in [5.74, 6) is 0.377. The fraction of sp³-hybridized carbons (Fsp3) is 0.250. The molecular formula is C16H18N2O2S2. The van der Waals surface area contributed by atoms with E-state index in [0.29, 0.717) is 0 Å². The van der Waals surface area contributed by atoms with Crippen molar-refractivity contribution >= 4 is 40.6 Å². The predicted octanol–water partition coefficient (Wildman–Crippen LogP) is 3.30. The summed E-state index contributed by atoms with van der Waals surface area (Å²) in [5.41, 5.74) is 0.767. The minimum Gasteiger partial charge on any atom is -0.348 e. The number of hydrogen-bond donors (Lipinski definition) is 2. The van der Waals surface area contributed by atoms with Crippen molar-refractivity contribution in [2.45, 2.75) is 13.0 Å². The molecule has 2 N–H and O–H groups in total. The van der Waals surface area contributed by atoms with Crippen LogP contribution in [-0.4, -0.2) is 23.3 Å². The first-order chi connectivity index (χ1) is 10.6. The van der Waals surface area contributed by atoms with Gasteiger partial charge in [0.25, 0.3) is 0 Å². The van der Waals surface area contributed by atoms with E-state index in [0.717, 1.165) is 10.6 Å². The van der Waals surface area contributed by atoms with Gasteiger partial charge in [-0.1, -0.05) is 24.3 Å². The Bertz CT molecular complexity index is 600. The Hall–Kier alpha value is -1.79. The zero-order chi connectivity index (χ0) is 15.8. The lowest BCUT2D eigenvalue weighted by molar-refractivity contribution is -0.119. The van der Waals surface area contributed by atoms with Crippen LogP contribution in [0.5, 0.6) is 0 Å². The summed E-state index contributed by atoms with van der Waals surface area (Å²) >= 11 is 2.92. The molecule has 1 aromatic heterocycles. The molecule has 0 aliphatic carbocycles. The van der Waals surface area contributed by atoms with E-state index in [9.17, 15) is 9.59 Å². The summed E-state index contributed by atoms with van der Waals surface area (Å²) < 4.78 is 0. The maximum Gasteiger partial charge on any atom is 0.234 e. The standard InChI is InChI=1S/C16H18N2O2S2/c1-12(14-8-5-9-22-14)17-15(19)10-21-11-16(20)18-13-6-3-2-4-7-13/h2-9,12H,10-11H2,1H3,(H,17,19)(H,18,20)/t12-/m0/s1. The molecule has 0 unspecified atom stereocenters. The van der Waals surface area contributed by atoms with Gasteiger partial charge in [-0.3, -0.25) is 9.59 Å². The van der Waals surface area contributed by atoms with E-state index < -0.39 is 0 Å². The van der Waals surface area contributed by atoms with Crippen LogP contribution >= 0.6 is 23.1 Å². The van der Waals surface area contributed by atoms with Crippen LogP contribution in [0, 0.1) is 0 Å². The number of thioether (sulfide) groups is 1. The number of rotatable bonds is 7. The number of para-hydroxylation sites is 1. The summed E-state index contributed by atoms with van der Waals surface area (Å²) in [6, 6.07) is 13.2. The first kappa shape index (κ1) is 16.6. The van der Waals surface area contributed by atoms with Gasteiger partial charge in [0, 0.05) is 10.6 Å². The molecule has 4 nitrogen and oxygen atoms in total. The van der Waals surface area contributed by atoms with E-state index in [1.807, 2.05) is 54.8 Å². The third kappa shape index (κ3) is 5.54. The molecule has 0 fully saturated rings. The molecule has 2 amide bonds. The highest BCUT2D eigenvalue weighted by Crippen LogP contribution is 2.18. The van der Waals surface area contributed by atoms with Crippen molar-refractivity contribution < 1.29 is 9.59 Å². The van der Waals surface area contributed by atoms with Gasteiger partial charge in [0.15, 0.2) is 0 Å². The van der Waals surface area contributed by atoms with Gasteiger partial charge in [-0.15, -0.1) is 23.1 Å². The molecule has 2 aromatic rings. The van der Waals surface area contributed by atoms with Gasteiger partial charge in [0.1, 0.15) is 0 Å². The maximum atomic E-state index is 11.8. The molecule has 0 saturated heterocycles. The quantitative estimate of drug-likeness (QED) is 0.817. The highest BCUT2D eigenvalue weighted by molar-refractivity contribution is 8.00. The Kier molecular flexibility index (Phi) is 6.48. The van der Waals surface area contributed by atoms with Gasteiger partial charge >= 0.3 is 0 Å².